The summed E-state index contributed by atoms with van der Waals surface area (Å²) < 4.78 is 21.9. The van der Waals surface area contributed by atoms with Crippen LogP contribution in [-0.4, -0.2) is 13.3 Å². The van der Waals surface area contributed by atoms with E-state index in [9.17, 15) is 18.5 Å². The molecule has 0 aliphatic heterocycles. The van der Waals surface area contributed by atoms with Crippen LogP contribution in [0.5, 0.6) is 0 Å². The number of nitro benzene ring substituents is 1. The van der Waals surface area contributed by atoms with Crippen molar-refractivity contribution in [1.82, 2.24) is 0 Å². The van der Waals surface area contributed by atoms with Crippen LogP contribution in [-0.2, 0) is 15.5 Å². The Morgan fingerprint density at radius 3 is 2.47 bits per heavy atom. The van der Waals surface area contributed by atoms with Gasteiger partial charge in [-0.15, -0.1) is 0 Å². The summed E-state index contributed by atoms with van der Waals surface area (Å²) in [5.74, 6) is 0. The van der Waals surface area contributed by atoms with Gasteiger partial charge in [-0.3, -0.25) is 10.1 Å². The first-order chi connectivity index (χ1) is 6.86. The van der Waals surface area contributed by atoms with Gasteiger partial charge in [0.05, 0.1) is 9.82 Å². The molecule has 0 aliphatic rings. The fraction of sp³-hybridized carbons (Fsp3) is 0.250. The SMILES string of the molecule is CCc1ccc(S(=O)(=O)Cl)cc1[N+](=O)[O-]. The van der Waals surface area contributed by atoms with Crippen LogP contribution in [0.2, 0.25) is 0 Å². The van der Waals surface area contributed by atoms with Gasteiger partial charge in [0, 0.05) is 22.3 Å². The zero-order chi connectivity index (χ0) is 11.6. The van der Waals surface area contributed by atoms with Crippen molar-refractivity contribution in [2.45, 2.75) is 18.2 Å². The molecule has 0 heterocycles. The molecular formula is C8H8ClNO4S. The standard InChI is InChI=1S/C8H8ClNO4S/c1-2-6-3-4-7(15(9,13)14)5-8(6)10(11)12/h3-5H,2H2,1H3. The monoisotopic (exact) mass is 249 g/mol. The highest BCUT2D eigenvalue weighted by molar-refractivity contribution is 8.13. The summed E-state index contributed by atoms with van der Waals surface area (Å²) in [6.45, 7) is 1.75. The molecule has 0 saturated carbocycles. The van der Waals surface area contributed by atoms with Crippen molar-refractivity contribution >= 4 is 25.4 Å². The first-order valence-corrected chi connectivity index (χ1v) is 6.39. The maximum Gasteiger partial charge on any atom is 0.273 e. The number of nitrogens with zero attached hydrogens (tertiary/aromatic N) is 1. The summed E-state index contributed by atoms with van der Waals surface area (Å²) in [5, 5.41) is 10.6. The Balaban J connectivity index is 3.42. The van der Waals surface area contributed by atoms with Crippen molar-refractivity contribution in [3.8, 4) is 0 Å². The molecule has 1 aromatic carbocycles. The Morgan fingerprint density at radius 2 is 2.07 bits per heavy atom. The number of rotatable bonds is 3. The van der Waals surface area contributed by atoms with Crippen LogP contribution in [0.4, 0.5) is 5.69 Å². The van der Waals surface area contributed by atoms with Gasteiger partial charge in [-0.25, -0.2) is 8.42 Å². The Hall–Kier alpha value is -1.14. The predicted molar refractivity (Wildman–Crippen MR) is 55.5 cm³/mol. The lowest BCUT2D eigenvalue weighted by Gasteiger charge is -2.01. The number of hydrogen-bond acceptors (Lipinski definition) is 4. The topological polar surface area (TPSA) is 77.3 Å². The van der Waals surface area contributed by atoms with E-state index in [1.165, 1.54) is 12.1 Å². The highest BCUT2D eigenvalue weighted by Crippen LogP contribution is 2.25. The highest BCUT2D eigenvalue weighted by atomic mass is 35.7. The average Bonchev–Trinajstić information content (AvgIpc) is 2.15. The molecular weight excluding hydrogens is 242 g/mol. The maximum absolute atomic E-state index is 11.0. The van der Waals surface area contributed by atoms with Crippen LogP contribution in [0.1, 0.15) is 12.5 Å². The molecule has 0 aromatic heterocycles. The van der Waals surface area contributed by atoms with Crippen molar-refractivity contribution in [3.63, 3.8) is 0 Å². The van der Waals surface area contributed by atoms with Crippen molar-refractivity contribution < 1.29 is 13.3 Å². The molecule has 0 atom stereocenters. The van der Waals surface area contributed by atoms with E-state index in [0.29, 0.717) is 12.0 Å². The number of benzene rings is 1. The van der Waals surface area contributed by atoms with Gasteiger partial charge in [-0.1, -0.05) is 13.0 Å². The summed E-state index contributed by atoms with van der Waals surface area (Å²) in [6.07, 6.45) is 0.457. The lowest BCUT2D eigenvalue weighted by molar-refractivity contribution is -0.385. The molecule has 1 aromatic rings. The molecule has 0 spiro atoms. The van der Waals surface area contributed by atoms with E-state index in [4.69, 9.17) is 10.7 Å². The summed E-state index contributed by atoms with van der Waals surface area (Å²) in [7, 11) is 1.16. The summed E-state index contributed by atoms with van der Waals surface area (Å²) in [5.41, 5.74) is 0.253. The minimum absolute atomic E-state index is 0.223. The van der Waals surface area contributed by atoms with Gasteiger partial charge in [0.2, 0.25) is 0 Å². The summed E-state index contributed by atoms with van der Waals surface area (Å²) >= 11 is 0. The van der Waals surface area contributed by atoms with E-state index in [1.807, 2.05) is 0 Å². The number of hydrogen-bond donors (Lipinski definition) is 0. The van der Waals surface area contributed by atoms with Crippen LogP contribution in [0, 0.1) is 10.1 Å². The van der Waals surface area contributed by atoms with Crippen molar-refractivity contribution in [3.05, 3.63) is 33.9 Å². The molecule has 0 saturated heterocycles. The van der Waals surface area contributed by atoms with Crippen LogP contribution in [0.15, 0.2) is 23.1 Å². The maximum atomic E-state index is 11.0. The molecule has 1 rings (SSSR count). The predicted octanol–water partition coefficient (Wildman–Crippen LogP) is 2.08. The highest BCUT2D eigenvalue weighted by Gasteiger charge is 2.18. The third-order valence-electron chi connectivity index (χ3n) is 1.92. The number of nitro groups is 1. The van der Waals surface area contributed by atoms with Gasteiger partial charge in [-0.05, 0) is 12.5 Å². The van der Waals surface area contributed by atoms with Gasteiger partial charge in [0.25, 0.3) is 14.7 Å². The van der Waals surface area contributed by atoms with Crippen LogP contribution < -0.4 is 0 Å². The van der Waals surface area contributed by atoms with Gasteiger partial charge < -0.3 is 0 Å². The average molecular weight is 250 g/mol. The quantitative estimate of drug-likeness (QED) is 0.467. The summed E-state index contributed by atoms with van der Waals surface area (Å²) in [6, 6.07) is 3.63. The van der Waals surface area contributed by atoms with Gasteiger partial charge in [0.15, 0.2) is 0 Å². The van der Waals surface area contributed by atoms with Gasteiger partial charge >= 0.3 is 0 Å². The third-order valence-corrected chi connectivity index (χ3v) is 3.27. The molecule has 0 N–H and O–H groups in total. The molecule has 0 unspecified atom stereocenters. The fourth-order valence-corrected chi connectivity index (χ4v) is 1.94. The Bertz CT molecular complexity index is 497. The Morgan fingerprint density at radius 1 is 1.47 bits per heavy atom. The largest absolute Gasteiger partial charge is 0.273 e. The van der Waals surface area contributed by atoms with E-state index in [-0.39, 0.29) is 10.6 Å². The number of halogens is 1. The second-order valence-corrected chi connectivity index (χ2v) is 5.40. The van der Waals surface area contributed by atoms with Crippen LogP contribution in [0.25, 0.3) is 0 Å². The van der Waals surface area contributed by atoms with E-state index >= 15 is 0 Å². The van der Waals surface area contributed by atoms with Crippen LogP contribution >= 0.6 is 10.7 Å². The fourth-order valence-electron chi connectivity index (χ4n) is 1.16. The number of aryl methyl sites for hydroxylation is 1. The van der Waals surface area contributed by atoms with Crippen molar-refractivity contribution in [1.29, 1.82) is 0 Å². The molecule has 5 nitrogen and oxygen atoms in total. The molecule has 15 heavy (non-hydrogen) atoms. The van der Waals surface area contributed by atoms with E-state index < -0.39 is 14.0 Å². The molecule has 0 amide bonds. The first kappa shape index (κ1) is 11.9. The zero-order valence-electron chi connectivity index (χ0n) is 7.81. The Kier molecular flexibility index (Phi) is 3.31. The second kappa shape index (κ2) is 4.16. The molecule has 7 heteroatoms. The minimum atomic E-state index is -3.92. The van der Waals surface area contributed by atoms with Gasteiger partial charge in [-0.2, -0.15) is 0 Å². The van der Waals surface area contributed by atoms with E-state index in [2.05, 4.69) is 0 Å². The first-order valence-electron chi connectivity index (χ1n) is 4.08. The summed E-state index contributed by atoms with van der Waals surface area (Å²) in [4.78, 5) is 9.75. The third kappa shape index (κ3) is 2.66. The van der Waals surface area contributed by atoms with E-state index in [0.717, 1.165) is 6.07 Å². The molecule has 0 radical (unpaired) electrons. The smallest absolute Gasteiger partial charge is 0.258 e. The molecule has 0 aliphatic carbocycles. The van der Waals surface area contributed by atoms with Crippen molar-refractivity contribution in [2.24, 2.45) is 0 Å². The lowest BCUT2D eigenvalue weighted by atomic mass is 10.1. The minimum Gasteiger partial charge on any atom is -0.258 e. The molecule has 82 valence electrons. The van der Waals surface area contributed by atoms with Crippen molar-refractivity contribution in [2.75, 3.05) is 0 Å². The zero-order valence-corrected chi connectivity index (χ0v) is 9.38. The van der Waals surface area contributed by atoms with Crippen LogP contribution in [0.3, 0.4) is 0 Å². The second-order valence-electron chi connectivity index (χ2n) is 2.84. The molecule has 0 fully saturated rings. The lowest BCUT2D eigenvalue weighted by Crippen LogP contribution is -1.98. The Labute approximate surface area is 91.2 Å². The molecule has 0 bridgehead atoms. The van der Waals surface area contributed by atoms with E-state index in [1.54, 1.807) is 6.92 Å². The van der Waals surface area contributed by atoms with Gasteiger partial charge in [0.1, 0.15) is 0 Å². The normalized spacial score (nSPS) is 11.3.